The van der Waals surface area contributed by atoms with Crippen molar-refractivity contribution in [3.8, 4) is 0 Å². The smallest absolute Gasteiger partial charge is 0.323 e. The Morgan fingerprint density at radius 3 is 2.59 bits per heavy atom. The van der Waals surface area contributed by atoms with Gasteiger partial charge in [0, 0.05) is 5.25 Å². The van der Waals surface area contributed by atoms with E-state index in [0.29, 0.717) is 6.42 Å². The molecule has 1 saturated carbocycles. The van der Waals surface area contributed by atoms with Gasteiger partial charge < -0.3 is 10.4 Å². The quantitative estimate of drug-likeness (QED) is 0.690. The molecule has 4 heteroatoms. The van der Waals surface area contributed by atoms with Crippen molar-refractivity contribution < 1.29 is 9.90 Å². The molecule has 0 aromatic rings. The summed E-state index contributed by atoms with van der Waals surface area (Å²) < 4.78 is 0. The highest BCUT2D eigenvalue weighted by Gasteiger charge is 2.30. The second-order valence-electron chi connectivity index (χ2n) is 5.12. The lowest BCUT2D eigenvalue weighted by Gasteiger charge is -2.25. The van der Waals surface area contributed by atoms with Gasteiger partial charge in [-0.2, -0.15) is 11.8 Å². The SMILES string of the molecule is CNC(C)(CCCSC1CCCCC1)C(=O)O. The summed E-state index contributed by atoms with van der Waals surface area (Å²) in [4.78, 5) is 11.1. The van der Waals surface area contributed by atoms with Crippen LogP contribution in [0.4, 0.5) is 0 Å². The van der Waals surface area contributed by atoms with Crippen LogP contribution in [-0.4, -0.2) is 34.7 Å². The lowest BCUT2D eigenvalue weighted by atomic mass is 9.97. The summed E-state index contributed by atoms with van der Waals surface area (Å²) in [6.45, 7) is 1.76. The first-order chi connectivity index (χ1) is 8.08. The van der Waals surface area contributed by atoms with Gasteiger partial charge in [-0.1, -0.05) is 19.3 Å². The summed E-state index contributed by atoms with van der Waals surface area (Å²) >= 11 is 2.04. The zero-order chi connectivity index (χ0) is 12.7. The predicted octanol–water partition coefficient (Wildman–Crippen LogP) is 2.90. The molecule has 0 aromatic heterocycles. The first-order valence-electron chi connectivity index (χ1n) is 6.62. The third-order valence-corrected chi connectivity index (χ3v) is 5.22. The normalized spacial score (nSPS) is 21.1. The van der Waals surface area contributed by atoms with Crippen molar-refractivity contribution in [3.05, 3.63) is 0 Å². The molecule has 1 rings (SSSR count). The Morgan fingerprint density at radius 1 is 1.41 bits per heavy atom. The van der Waals surface area contributed by atoms with Gasteiger partial charge in [0.05, 0.1) is 0 Å². The van der Waals surface area contributed by atoms with Gasteiger partial charge in [0.15, 0.2) is 0 Å². The summed E-state index contributed by atoms with van der Waals surface area (Å²) in [5.41, 5.74) is -0.757. The minimum Gasteiger partial charge on any atom is -0.480 e. The fraction of sp³-hybridized carbons (Fsp3) is 0.923. The van der Waals surface area contributed by atoms with E-state index in [4.69, 9.17) is 5.11 Å². The topological polar surface area (TPSA) is 49.3 Å². The molecule has 0 radical (unpaired) electrons. The van der Waals surface area contributed by atoms with E-state index in [2.05, 4.69) is 5.32 Å². The van der Waals surface area contributed by atoms with Crippen molar-refractivity contribution in [2.75, 3.05) is 12.8 Å². The number of hydrogen-bond donors (Lipinski definition) is 2. The molecule has 100 valence electrons. The maximum Gasteiger partial charge on any atom is 0.323 e. The first-order valence-corrected chi connectivity index (χ1v) is 7.67. The zero-order valence-electron chi connectivity index (χ0n) is 11.0. The van der Waals surface area contributed by atoms with Crippen molar-refractivity contribution in [2.45, 2.75) is 62.7 Å². The van der Waals surface area contributed by atoms with Crippen molar-refractivity contribution in [1.82, 2.24) is 5.32 Å². The number of aliphatic carboxylic acids is 1. The number of hydrogen-bond acceptors (Lipinski definition) is 3. The molecule has 0 aliphatic heterocycles. The maximum absolute atomic E-state index is 11.1. The van der Waals surface area contributed by atoms with Crippen LogP contribution in [0.5, 0.6) is 0 Å². The fourth-order valence-corrected chi connectivity index (χ4v) is 3.56. The molecular weight excluding hydrogens is 234 g/mol. The number of likely N-dealkylation sites (N-methyl/N-ethyl adjacent to an activating group) is 1. The van der Waals surface area contributed by atoms with Crippen LogP contribution in [0.25, 0.3) is 0 Å². The van der Waals surface area contributed by atoms with E-state index in [0.717, 1.165) is 17.4 Å². The lowest BCUT2D eigenvalue weighted by molar-refractivity contribution is -0.144. The van der Waals surface area contributed by atoms with Gasteiger partial charge >= 0.3 is 5.97 Å². The van der Waals surface area contributed by atoms with E-state index in [1.54, 1.807) is 14.0 Å². The summed E-state index contributed by atoms with van der Waals surface area (Å²) in [6, 6.07) is 0. The zero-order valence-corrected chi connectivity index (χ0v) is 11.8. The molecule has 0 heterocycles. The van der Waals surface area contributed by atoms with Crippen LogP contribution in [0.1, 0.15) is 51.9 Å². The van der Waals surface area contributed by atoms with E-state index < -0.39 is 11.5 Å². The Kier molecular flexibility index (Phi) is 6.34. The molecule has 1 aliphatic rings. The van der Waals surface area contributed by atoms with Crippen LogP contribution in [0, 0.1) is 0 Å². The van der Waals surface area contributed by atoms with Crippen molar-refractivity contribution in [3.63, 3.8) is 0 Å². The third-order valence-electron chi connectivity index (χ3n) is 3.75. The van der Waals surface area contributed by atoms with Gasteiger partial charge in [0.2, 0.25) is 0 Å². The van der Waals surface area contributed by atoms with Crippen molar-refractivity contribution in [1.29, 1.82) is 0 Å². The van der Waals surface area contributed by atoms with Gasteiger partial charge in [-0.15, -0.1) is 0 Å². The molecule has 0 amide bonds. The lowest BCUT2D eigenvalue weighted by Crippen LogP contribution is -2.47. The average Bonchev–Trinajstić information content (AvgIpc) is 2.35. The Morgan fingerprint density at radius 2 is 2.06 bits per heavy atom. The van der Waals surface area contributed by atoms with Crippen molar-refractivity contribution >= 4 is 17.7 Å². The van der Waals surface area contributed by atoms with E-state index in [9.17, 15) is 4.79 Å². The van der Waals surface area contributed by atoms with Gasteiger partial charge in [-0.3, -0.25) is 4.79 Å². The molecule has 1 unspecified atom stereocenters. The molecule has 0 saturated heterocycles. The van der Waals surface area contributed by atoms with Gasteiger partial charge in [-0.05, 0) is 45.4 Å². The fourth-order valence-electron chi connectivity index (χ4n) is 2.25. The molecular formula is C13H25NO2S. The highest BCUT2D eigenvalue weighted by molar-refractivity contribution is 7.99. The van der Waals surface area contributed by atoms with Crippen LogP contribution in [0.15, 0.2) is 0 Å². The summed E-state index contributed by atoms with van der Waals surface area (Å²) in [5, 5.41) is 12.8. The minimum absolute atomic E-state index is 0.707. The van der Waals surface area contributed by atoms with Crippen LogP contribution in [-0.2, 0) is 4.79 Å². The molecule has 0 aromatic carbocycles. The number of carboxylic acid groups (broad SMARTS) is 1. The van der Waals surface area contributed by atoms with Gasteiger partial charge in [0.1, 0.15) is 5.54 Å². The second kappa shape index (κ2) is 7.27. The molecule has 0 spiro atoms. The number of rotatable bonds is 7. The monoisotopic (exact) mass is 259 g/mol. The highest BCUT2D eigenvalue weighted by atomic mass is 32.2. The van der Waals surface area contributed by atoms with Crippen LogP contribution >= 0.6 is 11.8 Å². The minimum atomic E-state index is -0.757. The molecule has 1 atom stereocenters. The van der Waals surface area contributed by atoms with Gasteiger partial charge in [-0.25, -0.2) is 0 Å². The van der Waals surface area contributed by atoms with Crippen molar-refractivity contribution in [2.24, 2.45) is 0 Å². The van der Waals surface area contributed by atoms with E-state index in [1.807, 2.05) is 11.8 Å². The van der Waals surface area contributed by atoms with Gasteiger partial charge in [0.25, 0.3) is 0 Å². The summed E-state index contributed by atoms with van der Waals surface area (Å²) in [7, 11) is 1.72. The number of carbonyl (C=O) groups is 1. The Hall–Kier alpha value is -0.220. The molecule has 1 aliphatic carbocycles. The van der Waals surface area contributed by atoms with E-state index >= 15 is 0 Å². The Bertz CT molecular complexity index is 242. The van der Waals surface area contributed by atoms with Crippen LogP contribution in [0.3, 0.4) is 0 Å². The Labute approximate surface area is 109 Å². The third kappa shape index (κ3) is 4.88. The highest BCUT2D eigenvalue weighted by Crippen LogP contribution is 2.29. The number of thioether (sulfide) groups is 1. The standard InChI is InChI=1S/C13H25NO2S/c1-13(14-2,12(15)16)9-6-10-17-11-7-4-3-5-8-11/h11,14H,3-10H2,1-2H3,(H,15,16). The van der Waals surface area contributed by atoms with Crippen LogP contribution in [0.2, 0.25) is 0 Å². The molecule has 1 fully saturated rings. The van der Waals surface area contributed by atoms with Crippen LogP contribution < -0.4 is 5.32 Å². The molecule has 3 nitrogen and oxygen atoms in total. The number of nitrogens with one attached hydrogen (secondary N) is 1. The summed E-state index contributed by atoms with van der Waals surface area (Å²) in [6.07, 6.45) is 8.54. The largest absolute Gasteiger partial charge is 0.480 e. The van der Waals surface area contributed by atoms with E-state index in [1.165, 1.54) is 32.1 Å². The second-order valence-corrected chi connectivity index (χ2v) is 6.53. The molecule has 2 N–H and O–H groups in total. The predicted molar refractivity (Wildman–Crippen MR) is 73.7 cm³/mol. The summed E-state index contributed by atoms with van der Waals surface area (Å²) in [5.74, 6) is 0.345. The van der Waals surface area contributed by atoms with E-state index in [-0.39, 0.29) is 0 Å². The average molecular weight is 259 g/mol. The maximum atomic E-state index is 11.1. The Balaban J connectivity index is 2.16. The molecule has 0 bridgehead atoms. The first kappa shape index (κ1) is 14.8. The number of carboxylic acids is 1. The molecule has 17 heavy (non-hydrogen) atoms.